The zero-order valence-corrected chi connectivity index (χ0v) is 5.22. The maximum Gasteiger partial charge on any atom is 0.241 e. The molecule has 0 aliphatic carbocycles. The molecule has 0 aliphatic rings. The van der Waals surface area contributed by atoms with Gasteiger partial charge in [0.1, 0.15) is 0 Å². The Labute approximate surface area is 54.2 Å². The Kier molecular flexibility index (Phi) is 1.73. The van der Waals surface area contributed by atoms with Gasteiger partial charge in [0.05, 0.1) is 0 Å². The molecule has 1 aromatic rings. The van der Waals surface area contributed by atoms with Crippen LogP contribution >= 0.6 is 0 Å². The van der Waals surface area contributed by atoms with Crippen LogP contribution in [0.4, 0.5) is 0 Å². The highest BCUT2D eigenvalue weighted by atomic mass is 16.1. The fourth-order valence-electron chi connectivity index (χ4n) is 0.662. The van der Waals surface area contributed by atoms with Crippen LogP contribution in [0.3, 0.4) is 0 Å². The molecule has 0 atom stereocenters. The van der Waals surface area contributed by atoms with E-state index >= 15 is 0 Å². The molecule has 0 fully saturated rings. The standard InChI is InChI=1S/C6H7BNO/c1-7-5-3-2-4-8-6(5)9/h2-4H,1H3,(H,8,9). The third-order valence-electron chi connectivity index (χ3n) is 1.16. The van der Waals surface area contributed by atoms with Crippen LogP contribution in [0.15, 0.2) is 23.1 Å². The Bertz CT molecular complexity index is 243. The lowest BCUT2D eigenvalue weighted by atomic mass is 9.74. The lowest BCUT2D eigenvalue weighted by Gasteiger charge is -1.88. The molecule has 1 aromatic heterocycles. The summed E-state index contributed by atoms with van der Waals surface area (Å²) in [4.78, 5) is 13.3. The van der Waals surface area contributed by atoms with Crippen LogP contribution in [-0.2, 0) is 0 Å². The number of aromatic amines is 1. The van der Waals surface area contributed by atoms with E-state index in [-0.39, 0.29) is 5.56 Å². The molecule has 1 radical (unpaired) electrons. The minimum absolute atomic E-state index is 0.0278. The van der Waals surface area contributed by atoms with Crippen LogP contribution in [0.25, 0.3) is 0 Å². The van der Waals surface area contributed by atoms with Crippen molar-refractivity contribution in [2.45, 2.75) is 6.82 Å². The molecule has 45 valence electrons. The summed E-state index contributed by atoms with van der Waals surface area (Å²) in [6, 6.07) is 3.58. The molecule has 0 bridgehead atoms. The molecule has 0 aromatic carbocycles. The molecule has 0 saturated heterocycles. The Hall–Kier alpha value is -0.985. The molecular formula is C6H7BNO. The molecule has 1 N–H and O–H groups in total. The summed E-state index contributed by atoms with van der Waals surface area (Å²) >= 11 is 0. The minimum Gasteiger partial charge on any atom is -0.330 e. The van der Waals surface area contributed by atoms with Crippen molar-refractivity contribution in [2.24, 2.45) is 0 Å². The van der Waals surface area contributed by atoms with Crippen molar-refractivity contribution in [1.29, 1.82) is 0 Å². The Morgan fingerprint density at radius 1 is 1.67 bits per heavy atom. The average Bonchev–Trinajstić information content (AvgIpc) is 1.89. The van der Waals surface area contributed by atoms with Gasteiger partial charge in [-0.15, -0.1) is 0 Å². The second-order valence-corrected chi connectivity index (χ2v) is 1.74. The summed E-state index contributed by atoms with van der Waals surface area (Å²) in [5.41, 5.74) is 0.692. The topological polar surface area (TPSA) is 32.9 Å². The number of hydrogen-bond donors (Lipinski definition) is 1. The zero-order valence-electron chi connectivity index (χ0n) is 5.22. The third kappa shape index (κ3) is 1.22. The maximum atomic E-state index is 10.8. The molecule has 3 heteroatoms. The van der Waals surface area contributed by atoms with Crippen molar-refractivity contribution < 1.29 is 0 Å². The summed E-state index contributed by atoms with van der Waals surface area (Å²) in [6.07, 6.45) is 1.62. The molecule has 2 nitrogen and oxygen atoms in total. The number of nitrogens with one attached hydrogen (secondary N) is 1. The smallest absolute Gasteiger partial charge is 0.241 e. The number of H-pyrrole nitrogens is 1. The van der Waals surface area contributed by atoms with Crippen molar-refractivity contribution in [2.75, 3.05) is 0 Å². The zero-order chi connectivity index (χ0) is 6.69. The van der Waals surface area contributed by atoms with E-state index in [0.29, 0.717) is 0 Å². The second kappa shape index (κ2) is 2.53. The van der Waals surface area contributed by atoms with E-state index in [1.165, 1.54) is 0 Å². The van der Waals surface area contributed by atoms with E-state index < -0.39 is 0 Å². The van der Waals surface area contributed by atoms with Gasteiger partial charge in [-0.05, 0) is 11.5 Å². The average molecular weight is 120 g/mol. The van der Waals surface area contributed by atoms with Gasteiger partial charge in [0, 0.05) is 6.20 Å². The van der Waals surface area contributed by atoms with Gasteiger partial charge in [0.25, 0.3) is 0 Å². The predicted molar refractivity (Wildman–Crippen MR) is 38.3 cm³/mol. The highest BCUT2D eigenvalue weighted by Gasteiger charge is 1.91. The van der Waals surface area contributed by atoms with E-state index in [2.05, 4.69) is 4.98 Å². The molecule has 0 amide bonds. The quantitative estimate of drug-likeness (QED) is 0.509. The van der Waals surface area contributed by atoms with Crippen LogP contribution in [0.5, 0.6) is 0 Å². The number of pyridine rings is 1. The van der Waals surface area contributed by atoms with Crippen molar-refractivity contribution in [3.8, 4) is 0 Å². The van der Waals surface area contributed by atoms with Gasteiger partial charge < -0.3 is 4.98 Å². The number of hydrogen-bond acceptors (Lipinski definition) is 1. The second-order valence-electron chi connectivity index (χ2n) is 1.74. The van der Waals surface area contributed by atoms with E-state index in [0.717, 1.165) is 5.46 Å². The first-order valence-electron chi connectivity index (χ1n) is 2.81. The lowest BCUT2D eigenvalue weighted by molar-refractivity contribution is 1.26. The molecule has 9 heavy (non-hydrogen) atoms. The van der Waals surface area contributed by atoms with Crippen molar-refractivity contribution in [1.82, 2.24) is 4.98 Å². The van der Waals surface area contributed by atoms with E-state index in [1.54, 1.807) is 25.6 Å². The van der Waals surface area contributed by atoms with Gasteiger partial charge in [0.15, 0.2) is 7.28 Å². The molecular weight excluding hydrogens is 113 g/mol. The lowest BCUT2D eigenvalue weighted by Crippen LogP contribution is -2.30. The summed E-state index contributed by atoms with van der Waals surface area (Å²) in [5, 5.41) is 0. The van der Waals surface area contributed by atoms with Crippen LogP contribution in [0.2, 0.25) is 6.82 Å². The van der Waals surface area contributed by atoms with Crippen molar-refractivity contribution in [3.63, 3.8) is 0 Å². The summed E-state index contributed by atoms with van der Waals surface area (Å²) in [7, 11) is 1.78. The monoisotopic (exact) mass is 120 g/mol. The molecule has 0 unspecified atom stereocenters. The Morgan fingerprint density at radius 3 is 2.89 bits per heavy atom. The van der Waals surface area contributed by atoms with Crippen LogP contribution in [0, 0.1) is 0 Å². The Balaban J connectivity index is 3.16. The van der Waals surface area contributed by atoms with Crippen LogP contribution in [-0.4, -0.2) is 12.3 Å². The molecule has 0 aliphatic heterocycles. The molecule has 0 saturated carbocycles. The van der Waals surface area contributed by atoms with Crippen molar-refractivity contribution in [3.05, 3.63) is 28.7 Å². The molecule has 1 rings (SSSR count). The summed E-state index contributed by atoms with van der Waals surface area (Å²) in [6.45, 7) is 1.84. The summed E-state index contributed by atoms with van der Waals surface area (Å²) in [5.74, 6) is 0. The minimum atomic E-state index is -0.0278. The maximum absolute atomic E-state index is 10.8. The van der Waals surface area contributed by atoms with Gasteiger partial charge in [-0.25, -0.2) is 0 Å². The third-order valence-corrected chi connectivity index (χ3v) is 1.16. The van der Waals surface area contributed by atoms with Gasteiger partial charge in [0.2, 0.25) is 5.56 Å². The van der Waals surface area contributed by atoms with E-state index in [9.17, 15) is 4.79 Å². The van der Waals surface area contributed by atoms with Gasteiger partial charge >= 0.3 is 0 Å². The number of aromatic nitrogens is 1. The predicted octanol–water partition coefficient (Wildman–Crippen LogP) is -0.247. The summed E-state index contributed by atoms with van der Waals surface area (Å²) < 4.78 is 0. The largest absolute Gasteiger partial charge is 0.330 e. The van der Waals surface area contributed by atoms with E-state index in [1.807, 2.05) is 6.82 Å². The van der Waals surface area contributed by atoms with Crippen LogP contribution < -0.4 is 11.0 Å². The first-order valence-corrected chi connectivity index (χ1v) is 2.81. The number of rotatable bonds is 1. The van der Waals surface area contributed by atoms with Gasteiger partial charge in [-0.3, -0.25) is 4.79 Å². The first-order chi connectivity index (χ1) is 4.34. The van der Waals surface area contributed by atoms with E-state index in [4.69, 9.17) is 0 Å². The molecule has 0 spiro atoms. The normalized spacial score (nSPS) is 9.00. The first kappa shape index (κ1) is 6.14. The highest BCUT2D eigenvalue weighted by molar-refractivity contribution is 6.51. The van der Waals surface area contributed by atoms with Gasteiger partial charge in [-0.1, -0.05) is 12.9 Å². The fraction of sp³-hybridized carbons (Fsp3) is 0.167. The fourth-order valence-corrected chi connectivity index (χ4v) is 0.662. The van der Waals surface area contributed by atoms with Crippen molar-refractivity contribution >= 4 is 12.7 Å². The van der Waals surface area contributed by atoms with Gasteiger partial charge in [-0.2, -0.15) is 0 Å². The Morgan fingerprint density at radius 2 is 2.44 bits per heavy atom. The highest BCUT2D eigenvalue weighted by Crippen LogP contribution is 1.67. The van der Waals surface area contributed by atoms with Crippen LogP contribution in [0.1, 0.15) is 0 Å². The SMILES string of the molecule is C[B]c1ccc[nH]c1=O. The molecule has 1 heterocycles.